The van der Waals surface area contributed by atoms with Gasteiger partial charge < -0.3 is 0 Å². The highest BCUT2D eigenvalue weighted by molar-refractivity contribution is 6.55. The number of Topliss-reactive ketones (excluding diaryl/α,β-unsaturated/α-hetero) is 2. The van der Waals surface area contributed by atoms with Gasteiger partial charge in [0.2, 0.25) is 11.6 Å². The summed E-state index contributed by atoms with van der Waals surface area (Å²) in [7, 11) is 0. The molecule has 0 aromatic heterocycles. The van der Waals surface area contributed by atoms with E-state index in [-0.39, 0.29) is 11.5 Å². The van der Waals surface area contributed by atoms with Crippen molar-refractivity contribution in [2.75, 3.05) is 0 Å². The van der Waals surface area contributed by atoms with E-state index in [9.17, 15) is 14.4 Å². The Morgan fingerprint density at radius 3 is 2.30 bits per heavy atom. The minimum Gasteiger partial charge on any atom is -0.293 e. The van der Waals surface area contributed by atoms with E-state index in [4.69, 9.17) is 11.6 Å². The molecule has 0 saturated heterocycles. The molecule has 10 heavy (non-hydrogen) atoms. The Kier molecular flexibility index (Phi) is 1.68. The van der Waals surface area contributed by atoms with Gasteiger partial charge in [0.1, 0.15) is 0 Å². The Balaban J connectivity index is 3.01. The van der Waals surface area contributed by atoms with Crippen LogP contribution in [0.15, 0.2) is 11.1 Å². The van der Waals surface area contributed by atoms with E-state index < -0.39 is 17.3 Å². The second kappa shape index (κ2) is 2.34. The number of ketones is 3. The number of hydrogen-bond acceptors (Lipinski definition) is 3. The zero-order valence-corrected chi connectivity index (χ0v) is 5.64. The molecule has 0 atom stereocenters. The molecular weight excluding hydrogens is 156 g/mol. The Morgan fingerprint density at radius 1 is 1.20 bits per heavy atom. The molecule has 3 nitrogen and oxygen atoms in total. The predicted molar refractivity (Wildman–Crippen MR) is 33.6 cm³/mol. The predicted octanol–water partition coefficient (Wildman–Crippen LogP) is 0.220. The van der Waals surface area contributed by atoms with E-state index in [1.807, 2.05) is 0 Å². The maximum Gasteiger partial charge on any atom is 0.223 e. The molecule has 0 fully saturated rings. The summed E-state index contributed by atoms with van der Waals surface area (Å²) >= 11 is 5.27. The largest absolute Gasteiger partial charge is 0.293 e. The number of hydrogen-bond donors (Lipinski definition) is 0. The molecule has 0 aromatic carbocycles. The summed E-state index contributed by atoms with van der Waals surface area (Å²) in [5.41, 5.74) is 0. The fourth-order valence-corrected chi connectivity index (χ4v) is 0.759. The number of halogens is 1. The maximum absolute atomic E-state index is 10.6. The van der Waals surface area contributed by atoms with E-state index in [1.165, 1.54) is 0 Å². The van der Waals surface area contributed by atoms with Gasteiger partial charge in [-0.2, -0.15) is 0 Å². The number of allylic oxidation sites excluding steroid dienone is 2. The Hall–Kier alpha value is -0.960. The molecular formula is C6H3ClO3. The van der Waals surface area contributed by atoms with Crippen molar-refractivity contribution in [2.45, 2.75) is 6.42 Å². The third-order valence-electron chi connectivity index (χ3n) is 1.12. The quantitative estimate of drug-likeness (QED) is 0.374. The van der Waals surface area contributed by atoms with Gasteiger partial charge in [-0.25, -0.2) is 0 Å². The summed E-state index contributed by atoms with van der Waals surface area (Å²) < 4.78 is 0. The van der Waals surface area contributed by atoms with E-state index in [0.717, 1.165) is 6.08 Å². The van der Waals surface area contributed by atoms with Crippen LogP contribution in [0.3, 0.4) is 0 Å². The van der Waals surface area contributed by atoms with Gasteiger partial charge in [0, 0.05) is 6.08 Å². The lowest BCUT2D eigenvalue weighted by atomic mass is 10.0. The zero-order valence-electron chi connectivity index (χ0n) is 4.89. The van der Waals surface area contributed by atoms with E-state index in [2.05, 4.69) is 0 Å². The molecule has 52 valence electrons. The van der Waals surface area contributed by atoms with Gasteiger partial charge in [0.25, 0.3) is 0 Å². The van der Waals surface area contributed by atoms with Crippen molar-refractivity contribution in [3.63, 3.8) is 0 Å². The molecule has 4 heteroatoms. The topological polar surface area (TPSA) is 51.2 Å². The molecule has 1 aliphatic carbocycles. The third-order valence-corrected chi connectivity index (χ3v) is 1.44. The fourth-order valence-electron chi connectivity index (χ4n) is 0.593. The normalized spacial score (nSPS) is 19.3. The lowest BCUT2D eigenvalue weighted by Crippen LogP contribution is -2.21. The van der Waals surface area contributed by atoms with Crippen LogP contribution in [0.4, 0.5) is 0 Å². The Morgan fingerprint density at radius 2 is 1.80 bits per heavy atom. The lowest BCUT2D eigenvalue weighted by molar-refractivity contribution is -0.136. The standard InChI is InChI=1S/C6H3ClO3/c7-3-1-5(9)6(10)2-4(3)8/h1H,2H2. The van der Waals surface area contributed by atoms with Gasteiger partial charge in [0.15, 0.2) is 5.78 Å². The van der Waals surface area contributed by atoms with Crippen LogP contribution in [0.2, 0.25) is 0 Å². The minimum absolute atomic E-state index is 0.149. The number of carbonyl (C=O) groups excluding carboxylic acids is 3. The highest BCUT2D eigenvalue weighted by atomic mass is 35.5. The van der Waals surface area contributed by atoms with E-state index in [1.54, 1.807) is 0 Å². The molecule has 0 spiro atoms. The summed E-state index contributed by atoms with van der Waals surface area (Å²) in [6, 6.07) is 0. The second-order valence-corrected chi connectivity index (χ2v) is 2.29. The first-order valence-electron chi connectivity index (χ1n) is 2.59. The van der Waals surface area contributed by atoms with E-state index in [0.29, 0.717) is 0 Å². The lowest BCUT2D eigenvalue weighted by Gasteiger charge is -2.01. The molecule has 0 radical (unpaired) electrons. The molecule has 1 aliphatic rings. The first-order chi connectivity index (χ1) is 4.61. The van der Waals surface area contributed by atoms with Gasteiger partial charge in [-0.15, -0.1) is 0 Å². The Labute approximate surface area is 61.7 Å². The van der Waals surface area contributed by atoms with Crippen molar-refractivity contribution in [1.82, 2.24) is 0 Å². The molecule has 0 unspecified atom stereocenters. The van der Waals surface area contributed by atoms with Crippen LogP contribution in [0.25, 0.3) is 0 Å². The van der Waals surface area contributed by atoms with Crippen molar-refractivity contribution in [1.29, 1.82) is 0 Å². The van der Waals surface area contributed by atoms with Crippen LogP contribution in [0.1, 0.15) is 6.42 Å². The van der Waals surface area contributed by atoms with Gasteiger partial charge in [-0.05, 0) is 0 Å². The van der Waals surface area contributed by atoms with Crippen molar-refractivity contribution in [2.24, 2.45) is 0 Å². The van der Waals surface area contributed by atoms with E-state index >= 15 is 0 Å². The third kappa shape index (κ3) is 1.14. The van der Waals surface area contributed by atoms with Gasteiger partial charge in [-0.1, -0.05) is 11.6 Å². The van der Waals surface area contributed by atoms with Gasteiger partial charge in [-0.3, -0.25) is 14.4 Å². The second-order valence-electron chi connectivity index (χ2n) is 1.88. The van der Waals surface area contributed by atoms with Crippen molar-refractivity contribution < 1.29 is 14.4 Å². The Bertz CT molecular complexity index is 252. The smallest absolute Gasteiger partial charge is 0.223 e. The zero-order chi connectivity index (χ0) is 7.72. The maximum atomic E-state index is 10.6. The summed E-state index contributed by atoms with van der Waals surface area (Å²) in [4.78, 5) is 31.5. The highest BCUT2D eigenvalue weighted by Crippen LogP contribution is 2.11. The van der Waals surface area contributed by atoms with Crippen LogP contribution in [-0.4, -0.2) is 17.3 Å². The summed E-state index contributed by atoms with van der Waals surface area (Å²) in [6.07, 6.45) is 0.476. The molecule has 0 bridgehead atoms. The van der Waals surface area contributed by atoms with Crippen LogP contribution in [-0.2, 0) is 14.4 Å². The number of carbonyl (C=O) groups is 3. The average molecular weight is 159 g/mol. The van der Waals surface area contributed by atoms with Crippen LogP contribution < -0.4 is 0 Å². The van der Waals surface area contributed by atoms with Gasteiger partial charge in [0.05, 0.1) is 11.5 Å². The first-order valence-corrected chi connectivity index (χ1v) is 2.96. The highest BCUT2D eigenvalue weighted by Gasteiger charge is 2.24. The molecule has 0 N–H and O–H groups in total. The van der Waals surface area contributed by atoms with Crippen LogP contribution in [0, 0.1) is 0 Å². The summed E-state index contributed by atoms with van der Waals surface area (Å²) in [5.74, 6) is -1.86. The molecule has 0 heterocycles. The van der Waals surface area contributed by atoms with Crippen LogP contribution in [0.5, 0.6) is 0 Å². The minimum atomic E-state index is -0.690. The van der Waals surface area contributed by atoms with Gasteiger partial charge >= 0.3 is 0 Å². The first kappa shape index (κ1) is 7.15. The molecule has 0 aromatic rings. The molecule has 0 amide bonds. The van der Waals surface area contributed by atoms with Crippen molar-refractivity contribution >= 4 is 29.0 Å². The summed E-state index contributed by atoms with van der Waals surface area (Å²) in [5, 5.41) is -0.149. The average Bonchev–Trinajstić information content (AvgIpc) is 1.84. The number of rotatable bonds is 0. The molecule has 0 saturated carbocycles. The molecule has 1 rings (SSSR count). The van der Waals surface area contributed by atoms with Crippen LogP contribution >= 0.6 is 11.6 Å². The monoisotopic (exact) mass is 158 g/mol. The fraction of sp³-hybridized carbons (Fsp3) is 0.167. The summed E-state index contributed by atoms with van der Waals surface area (Å²) in [6.45, 7) is 0. The van der Waals surface area contributed by atoms with Crippen molar-refractivity contribution in [3.8, 4) is 0 Å². The SMILES string of the molecule is O=C1C=C(Cl)C(=O)CC1=O. The molecule has 0 aliphatic heterocycles. The van der Waals surface area contributed by atoms with Crippen molar-refractivity contribution in [3.05, 3.63) is 11.1 Å².